The Morgan fingerprint density at radius 2 is 1.93 bits per heavy atom. The van der Waals surface area contributed by atoms with E-state index in [0.717, 1.165) is 12.8 Å². The molecule has 0 radical (unpaired) electrons. The van der Waals surface area contributed by atoms with Gasteiger partial charge in [0.15, 0.2) is 0 Å². The van der Waals surface area contributed by atoms with E-state index in [9.17, 15) is 4.79 Å². The molecule has 0 aliphatic heterocycles. The molecule has 2 atom stereocenters. The Kier molecular flexibility index (Phi) is 5.69. The quantitative estimate of drug-likeness (QED) is 0.731. The van der Waals surface area contributed by atoms with Crippen molar-refractivity contribution in [3.05, 3.63) is 0 Å². The summed E-state index contributed by atoms with van der Waals surface area (Å²) in [6.07, 6.45) is 7.64. The molecule has 2 N–H and O–H groups in total. The number of nitrogens with two attached hydrogens (primary N) is 1. The second kappa shape index (κ2) is 6.83. The lowest BCUT2D eigenvalue weighted by Gasteiger charge is -2.25. The van der Waals surface area contributed by atoms with E-state index >= 15 is 0 Å². The van der Waals surface area contributed by atoms with Crippen LogP contribution in [0.1, 0.15) is 51.9 Å². The summed E-state index contributed by atoms with van der Waals surface area (Å²) >= 11 is 0. The molecule has 3 heteroatoms. The van der Waals surface area contributed by atoms with Gasteiger partial charge in [0.25, 0.3) is 0 Å². The Morgan fingerprint density at radius 1 is 1.27 bits per heavy atom. The standard InChI is InChI=1S/C12H23NO2/c1-2-15-12(14)9-10-7-5-3-4-6-8-11(10)13/h10-11H,2-9,13H2,1H3/t10-,11-/m1/s1. The van der Waals surface area contributed by atoms with Crippen LogP contribution in [0.2, 0.25) is 0 Å². The second-order valence-corrected chi connectivity index (χ2v) is 4.42. The van der Waals surface area contributed by atoms with Gasteiger partial charge in [-0.3, -0.25) is 4.79 Å². The van der Waals surface area contributed by atoms with E-state index in [4.69, 9.17) is 10.5 Å². The molecule has 0 aromatic heterocycles. The molecule has 0 spiro atoms. The van der Waals surface area contributed by atoms with Gasteiger partial charge >= 0.3 is 5.97 Å². The van der Waals surface area contributed by atoms with Crippen molar-refractivity contribution < 1.29 is 9.53 Å². The van der Waals surface area contributed by atoms with Crippen molar-refractivity contribution in [1.82, 2.24) is 0 Å². The minimum absolute atomic E-state index is 0.0847. The van der Waals surface area contributed by atoms with E-state index in [0.29, 0.717) is 18.9 Å². The van der Waals surface area contributed by atoms with Gasteiger partial charge in [-0.2, -0.15) is 0 Å². The molecule has 88 valence electrons. The van der Waals surface area contributed by atoms with Crippen molar-refractivity contribution in [2.75, 3.05) is 6.61 Å². The van der Waals surface area contributed by atoms with Gasteiger partial charge in [-0.15, -0.1) is 0 Å². The van der Waals surface area contributed by atoms with Gasteiger partial charge in [-0.05, 0) is 25.7 Å². The maximum Gasteiger partial charge on any atom is 0.306 e. The first-order valence-electron chi connectivity index (χ1n) is 6.15. The topological polar surface area (TPSA) is 52.3 Å². The molecule has 0 heterocycles. The average Bonchev–Trinajstić information content (AvgIpc) is 2.18. The van der Waals surface area contributed by atoms with Gasteiger partial charge in [0.05, 0.1) is 6.61 Å². The molecule has 0 aromatic carbocycles. The summed E-state index contributed by atoms with van der Waals surface area (Å²) in [5.41, 5.74) is 6.09. The summed E-state index contributed by atoms with van der Waals surface area (Å²) in [6.45, 7) is 2.32. The van der Waals surface area contributed by atoms with Gasteiger partial charge in [0, 0.05) is 12.5 Å². The molecule has 0 saturated heterocycles. The van der Waals surface area contributed by atoms with E-state index in [2.05, 4.69) is 0 Å². The smallest absolute Gasteiger partial charge is 0.306 e. The summed E-state index contributed by atoms with van der Waals surface area (Å²) in [7, 11) is 0. The van der Waals surface area contributed by atoms with Crippen LogP contribution >= 0.6 is 0 Å². The van der Waals surface area contributed by atoms with Crippen molar-refractivity contribution in [3.8, 4) is 0 Å². The number of carbonyl (C=O) groups is 1. The molecule has 0 amide bonds. The molecule has 1 aliphatic rings. The van der Waals surface area contributed by atoms with Crippen LogP contribution in [0.15, 0.2) is 0 Å². The van der Waals surface area contributed by atoms with Gasteiger partial charge in [-0.25, -0.2) is 0 Å². The Labute approximate surface area is 92.4 Å². The summed E-state index contributed by atoms with van der Waals surface area (Å²) < 4.78 is 4.97. The minimum Gasteiger partial charge on any atom is -0.466 e. The number of carbonyl (C=O) groups excluding carboxylic acids is 1. The third kappa shape index (κ3) is 4.65. The second-order valence-electron chi connectivity index (χ2n) is 4.42. The number of hydrogen-bond acceptors (Lipinski definition) is 3. The number of ether oxygens (including phenoxy) is 1. The zero-order valence-corrected chi connectivity index (χ0v) is 9.71. The Balaban J connectivity index is 2.37. The van der Waals surface area contributed by atoms with Crippen molar-refractivity contribution in [2.24, 2.45) is 11.7 Å². The SMILES string of the molecule is CCOC(=O)C[C@H]1CCCCCC[C@H]1N. The summed E-state index contributed by atoms with van der Waals surface area (Å²) in [4.78, 5) is 11.4. The van der Waals surface area contributed by atoms with Crippen LogP contribution in [-0.4, -0.2) is 18.6 Å². The van der Waals surface area contributed by atoms with E-state index in [-0.39, 0.29) is 12.0 Å². The molecule has 1 rings (SSSR count). The first kappa shape index (κ1) is 12.5. The van der Waals surface area contributed by atoms with Crippen LogP contribution in [-0.2, 0) is 9.53 Å². The molecule has 3 nitrogen and oxygen atoms in total. The molecule has 0 unspecified atom stereocenters. The zero-order chi connectivity index (χ0) is 11.1. The predicted molar refractivity (Wildman–Crippen MR) is 60.4 cm³/mol. The van der Waals surface area contributed by atoms with Crippen LogP contribution < -0.4 is 5.73 Å². The van der Waals surface area contributed by atoms with Crippen molar-refractivity contribution in [2.45, 2.75) is 57.9 Å². The lowest BCUT2D eigenvalue weighted by molar-refractivity contribution is -0.144. The Hall–Kier alpha value is -0.570. The third-order valence-electron chi connectivity index (χ3n) is 3.20. The van der Waals surface area contributed by atoms with Crippen LogP contribution in [0.4, 0.5) is 0 Å². The fourth-order valence-corrected chi connectivity index (χ4v) is 2.28. The van der Waals surface area contributed by atoms with E-state index in [1.165, 1.54) is 25.7 Å². The first-order chi connectivity index (χ1) is 7.24. The molecule has 1 fully saturated rings. The fraction of sp³-hybridized carbons (Fsp3) is 0.917. The molecule has 15 heavy (non-hydrogen) atoms. The highest BCUT2D eigenvalue weighted by Crippen LogP contribution is 2.24. The van der Waals surface area contributed by atoms with Crippen LogP contribution in [0.25, 0.3) is 0 Å². The highest BCUT2D eigenvalue weighted by molar-refractivity contribution is 5.69. The summed E-state index contributed by atoms with van der Waals surface area (Å²) in [5, 5.41) is 0. The van der Waals surface area contributed by atoms with Gasteiger partial charge < -0.3 is 10.5 Å². The van der Waals surface area contributed by atoms with Gasteiger partial charge in [-0.1, -0.05) is 25.7 Å². The van der Waals surface area contributed by atoms with Crippen molar-refractivity contribution in [1.29, 1.82) is 0 Å². The minimum atomic E-state index is -0.0847. The number of hydrogen-bond donors (Lipinski definition) is 1. The van der Waals surface area contributed by atoms with Crippen LogP contribution in [0.3, 0.4) is 0 Å². The lowest BCUT2D eigenvalue weighted by atomic mass is 9.85. The molecule has 0 bridgehead atoms. The van der Waals surface area contributed by atoms with E-state index in [1.54, 1.807) is 0 Å². The molecular formula is C12H23NO2. The number of esters is 1. The molecule has 1 saturated carbocycles. The largest absolute Gasteiger partial charge is 0.466 e. The maximum atomic E-state index is 11.4. The summed E-state index contributed by atoms with van der Waals surface area (Å²) in [5.74, 6) is 0.253. The zero-order valence-electron chi connectivity index (χ0n) is 9.71. The van der Waals surface area contributed by atoms with Gasteiger partial charge in [0.2, 0.25) is 0 Å². The van der Waals surface area contributed by atoms with Crippen molar-refractivity contribution in [3.63, 3.8) is 0 Å². The van der Waals surface area contributed by atoms with E-state index in [1.807, 2.05) is 6.92 Å². The average molecular weight is 213 g/mol. The first-order valence-corrected chi connectivity index (χ1v) is 6.15. The van der Waals surface area contributed by atoms with Crippen LogP contribution in [0.5, 0.6) is 0 Å². The molecule has 1 aliphatic carbocycles. The maximum absolute atomic E-state index is 11.4. The highest BCUT2D eigenvalue weighted by Gasteiger charge is 2.22. The van der Waals surface area contributed by atoms with E-state index < -0.39 is 0 Å². The van der Waals surface area contributed by atoms with Crippen LogP contribution in [0, 0.1) is 5.92 Å². The van der Waals surface area contributed by atoms with Gasteiger partial charge in [0.1, 0.15) is 0 Å². The Bertz CT molecular complexity index is 194. The normalized spacial score (nSPS) is 27.9. The number of rotatable bonds is 3. The molecular weight excluding hydrogens is 190 g/mol. The lowest BCUT2D eigenvalue weighted by Crippen LogP contribution is -2.33. The van der Waals surface area contributed by atoms with Crippen molar-refractivity contribution >= 4 is 5.97 Å². The highest BCUT2D eigenvalue weighted by atomic mass is 16.5. The third-order valence-corrected chi connectivity index (χ3v) is 3.20. The predicted octanol–water partition coefficient (Wildman–Crippen LogP) is 2.24. The monoisotopic (exact) mass is 213 g/mol. The Morgan fingerprint density at radius 3 is 2.60 bits per heavy atom. The fourth-order valence-electron chi connectivity index (χ4n) is 2.28. The molecule has 0 aromatic rings. The summed E-state index contributed by atoms with van der Waals surface area (Å²) in [6, 6.07) is 0.190.